The van der Waals surface area contributed by atoms with Gasteiger partial charge in [-0.2, -0.15) is 0 Å². The fraction of sp³-hybridized carbons (Fsp3) is 0.385. The normalized spacial score (nSPS) is 30.0. The molecule has 1 aromatic heterocycles. The molecule has 14 rings (SSSR count). The van der Waals surface area contributed by atoms with Crippen molar-refractivity contribution in [1.82, 2.24) is 0 Å². The summed E-state index contributed by atoms with van der Waals surface area (Å²) in [4.78, 5) is 5.64. The topological polar surface area (TPSA) is 19.6 Å². The number of benzene rings is 7. The highest BCUT2D eigenvalue weighted by Crippen LogP contribution is 2.67. The molecule has 3 heteroatoms. The molecular formula is C65H66N2O. The molecule has 4 aliphatic carbocycles. The Bertz CT molecular complexity index is 3360. The standard InChI is InChI=1S/C65H66N2O/c1-61(2)53-40-48(41-29-31-54-51(37-41)62(3)33-17-19-35-64(62,5)66(54)43-21-9-7-10-22-43)45-25-13-14-26-46(45)57(53)50-39-49(58-47-27-15-16-28-56(47)68-60(58)59(50)61)42-30-32-55-52(38-42)63(4)34-18-20-36-65(63,6)67(55)44-23-11-8-12-24-44/h7-16,21-29,31,37,39-40,42,52,55H,17-20,30,32-36,38H2,1-6H3. The zero-order valence-corrected chi connectivity index (χ0v) is 41.1. The first kappa shape index (κ1) is 41.2. The Kier molecular flexibility index (Phi) is 8.57. The highest BCUT2D eigenvalue weighted by Gasteiger charge is 2.65. The van der Waals surface area contributed by atoms with Crippen molar-refractivity contribution in [2.75, 3.05) is 9.80 Å². The van der Waals surface area contributed by atoms with E-state index >= 15 is 0 Å². The number of para-hydroxylation sites is 3. The van der Waals surface area contributed by atoms with E-state index in [0.29, 0.717) is 17.9 Å². The van der Waals surface area contributed by atoms with Crippen LogP contribution in [-0.2, 0) is 10.8 Å². The summed E-state index contributed by atoms with van der Waals surface area (Å²) in [5.41, 5.74) is 17.7. The summed E-state index contributed by atoms with van der Waals surface area (Å²) < 4.78 is 7.26. The molecule has 0 bridgehead atoms. The summed E-state index contributed by atoms with van der Waals surface area (Å²) in [6.45, 7) is 15.4. The van der Waals surface area contributed by atoms with E-state index in [1.54, 1.807) is 0 Å². The maximum absolute atomic E-state index is 7.26. The Morgan fingerprint density at radius 1 is 0.559 bits per heavy atom. The number of nitrogens with zero attached hydrogens (tertiary/aromatic N) is 2. The molecule has 0 N–H and O–H groups in total. The molecule has 7 unspecified atom stereocenters. The Morgan fingerprint density at radius 2 is 1.22 bits per heavy atom. The minimum Gasteiger partial charge on any atom is -0.456 e. The van der Waals surface area contributed by atoms with Crippen molar-refractivity contribution in [2.24, 2.45) is 11.3 Å². The zero-order valence-electron chi connectivity index (χ0n) is 41.1. The van der Waals surface area contributed by atoms with E-state index < -0.39 is 0 Å². The van der Waals surface area contributed by atoms with E-state index in [4.69, 9.17) is 4.42 Å². The number of rotatable bonds is 4. The highest BCUT2D eigenvalue weighted by atomic mass is 16.3. The van der Waals surface area contributed by atoms with Crippen LogP contribution in [0.5, 0.6) is 0 Å². The van der Waals surface area contributed by atoms with Gasteiger partial charge >= 0.3 is 0 Å². The number of hydrogen-bond donors (Lipinski definition) is 0. The summed E-state index contributed by atoms with van der Waals surface area (Å²) in [5.74, 6) is 1.08. The van der Waals surface area contributed by atoms with E-state index in [1.165, 1.54) is 154 Å². The molecule has 7 aromatic carbocycles. The molecule has 0 amide bonds. The third-order valence-electron chi connectivity index (χ3n) is 20.5. The molecule has 6 aliphatic rings. The van der Waals surface area contributed by atoms with Crippen LogP contribution in [0.25, 0.3) is 55.0 Å². The maximum Gasteiger partial charge on any atom is 0.140 e. The largest absolute Gasteiger partial charge is 0.456 e. The van der Waals surface area contributed by atoms with E-state index in [9.17, 15) is 0 Å². The molecule has 3 heterocycles. The second-order valence-corrected chi connectivity index (χ2v) is 23.7. The Balaban J connectivity index is 0.943. The van der Waals surface area contributed by atoms with Gasteiger partial charge in [0.05, 0.1) is 5.54 Å². The van der Waals surface area contributed by atoms with Crippen LogP contribution in [0.4, 0.5) is 17.1 Å². The SMILES string of the molecule is CC1(C)c2cc(-c3ccc4c(c3)C3(C)CCCCC3(C)N4c3ccccc3)c3ccccc3c2-c2cc(C3CCC4C(C3)C3(C)CCCCC3(C)N4c3ccccc3)c3c(oc4ccccc43)c21. The van der Waals surface area contributed by atoms with Gasteiger partial charge in [-0.3, -0.25) is 0 Å². The Labute approximate surface area is 403 Å². The van der Waals surface area contributed by atoms with Crippen molar-refractivity contribution in [3.63, 3.8) is 0 Å². The maximum atomic E-state index is 7.26. The van der Waals surface area contributed by atoms with E-state index in [1.807, 2.05) is 0 Å². The van der Waals surface area contributed by atoms with Crippen molar-refractivity contribution in [3.05, 3.63) is 162 Å². The highest BCUT2D eigenvalue weighted by molar-refractivity contribution is 6.15. The molecule has 7 atom stereocenters. The van der Waals surface area contributed by atoms with Crippen molar-refractivity contribution in [1.29, 1.82) is 0 Å². The van der Waals surface area contributed by atoms with Gasteiger partial charge in [-0.1, -0.05) is 138 Å². The van der Waals surface area contributed by atoms with Crippen LogP contribution in [0.15, 0.2) is 144 Å². The van der Waals surface area contributed by atoms with Gasteiger partial charge in [-0.25, -0.2) is 0 Å². The van der Waals surface area contributed by atoms with Crippen LogP contribution in [-0.4, -0.2) is 17.1 Å². The molecule has 8 aromatic rings. The van der Waals surface area contributed by atoms with Gasteiger partial charge in [0.1, 0.15) is 11.2 Å². The molecule has 4 fully saturated rings. The van der Waals surface area contributed by atoms with Crippen molar-refractivity contribution >= 4 is 49.8 Å². The van der Waals surface area contributed by atoms with Crippen molar-refractivity contribution in [2.45, 2.75) is 146 Å². The second-order valence-electron chi connectivity index (χ2n) is 23.7. The summed E-state index contributed by atoms with van der Waals surface area (Å²) in [6.07, 6.45) is 13.9. The van der Waals surface area contributed by atoms with Crippen LogP contribution in [0, 0.1) is 11.3 Å². The predicted molar refractivity (Wildman–Crippen MR) is 285 cm³/mol. The molecular weight excluding hydrogens is 825 g/mol. The first-order valence-corrected chi connectivity index (χ1v) is 26.4. The van der Waals surface area contributed by atoms with Gasteiger partial charge in [0, 0.05) is 55.8 Å². The fourth-order valence-electron chi connectivity index (χ4n) is 16.8. The Hall–Kier alpha value is -5.80. The number of furan rings is 1. The third-order valence-corrected chi connectivity index (χ3v) is 20.5. The van der Waals surface area contributed by atoms with Gasteiger partial charge in [0.2, 0.25) is 0 Å². The van der Waals surface area contributed by atoms with Crippen LogP contribution in [0.2, 0.25) is 0 Å². The average molecular weight is 891 g/mol. The monoisotopic (exact) mass is 891 g/mol. The van der Waals surface area contributed by atoms with Crippen LogP contribution in [0.3, 0.4) is 0 Å². The molecule has 2 aliphatic heterocycles. The predicted octanol–water partition coefficient (Wildman–Crippen LogP) is 17.6. The number of hydrogen-bond acceptors (Lipinski definition) is 3. The van der Waals surface area contributed by atoms with Gasteiger partial charge in [0.25, 0.3) is 0 Å². The number of fused-ring (bicyclic) bond motifs is 15. The van der Waals surface area contributed by atoms with Gasteiger partial charge in [-0.15, -0.1) is 0 Å². The summed E-state index contributed by atoms with van der Waals surface area (Å²) >= 11 is 0. The fourth-order valence-corrected chi connectivity index (χ4v) is 16.8. The third kappa shape index (κ3) is 5.16. The zero-order chi connectivity index (χ0) is 46.0. The lowest BCUT2D eigenvalue weighted by Gasteiger charge is -2.51. The molecule has 0 radical (unpaired) electrons. The second kappa shape index (κ2) is 14.1. The molecule has 68 heavy (non-hydrogen) atoms. The van der Waals surface area contributed by atoms with Gasteiger partial charge < -0.3 is 14.2 Å². The molecule has 342 valence electrons. The molecule has 1 saturated heterocycles. The van der Waals surface area contributed by atoms with Gasteiger partial charge in [0.15, 0.2) is 0 Å². The summed E-state index contributed by atoms with van der Waals surface area (Å²) in [5, 5.41) is 5.34. The minimum absolute atomic E-state index is 0.0128. The van der Waals surface area contributed by atoms with Crippen LogP contribution >= 0.6 is 0 Å². The quantitative estimate of drug-likeness (QED) is 0.176. The molecule has 3 saturated carbocycles. The smallest absolute Gasteiger partial charge is 0.140 e. The number of anilines is 3. The first-order valence-electron chi connectivity index (χ1n) is 26.4. The van der Waals surface area contributed by atoms with Crippen LogP contribution in [0.1, 0.15) is 140 Å². The summed E-state index contributed by atoms with van der Waals surface area (Å²) in [7, 11) is 0. The van der Waals surface area contributed by atoms with Gasteiger partial charge in [-0.05, 0) is 180 Å². The van der Waals surface area contributed by atoms with E-state index in [0.717, 1.165) is 11.2 Å². The van der Waals surface area contributed by atoms with E-state index in [-0.39, 0.29) is 27.3 Å². The first-order chi connectivity index (χ1) is 33.0. The van der Waals surface area contributed by atoms with Crippen molar-refractivity contribution < 1.29 is 4.42 Å². The lowest BCUT2D eigenvalue weighted by atomic mass is 9.56. The van der Waals surface area contributed by atoms with Crippen LogP contribution < -0.4 is 9.80 Å². The molecule has 3 nitrogen and oxygen atoms in total. The summed E-state index contributed by atoms with van der Waals surface area (Å²) in [6, 6.07) is 54.3. The lowest BCUT2D eigenvalue weighted by Crippen LogP contribution is -2.54. The molecule has 0 spiro atoms. The van der Waals surface area contributed by atoms with E-state index in [2.05, 4.69) is 191 Å². The average Bonchev–Trinajstić information content (AvgIpc) is 3.99. The minimum atomic E-state index is -0.278. The Morgan fingerprint density at radius 3 is 2.00 bits per heavy atom. The van der Waals surface area contributed by atoms with Crippen molar-refractivity contribution in [3.8, 4) is 22.3 Å². The lowest BCUT2D eigenvalue weighted by molar-refractivity contribution is 0.0626.